The van der Waals surface area contributed by atoms with Crippen LogP contribution in [-0.2, 0) is 4.79 Å². The predicted octanol–water partition coefficient (Wildman–Crippen LogP) is 2.80. The van der Waals surface area contributed by atoms with Crippen molar-refractivity contribution in [2.75, 3.05) is 13.1 Å². The van der Waals surface area contributed by atoms with E-state index in [4.69, 9.17) is 5.73 Å². The topological polar surface area (TPSA) is 95.7 Å². The first-order valence-corrected chi connectivity index (χ1v) is 11.6. The highest BCUT2D eigenvalue weighted by Gasteiger charge is 2.41. The van der Waals surface area contributed by atoms with Crippen LogP contribution in [0.15, 0.2) is 42.5 Å². The molecule has 186 valence electrons. The average Bonchev–Trinajstić information content (AvgIpc) is 2.86. The van der Waals surface area contributed by atoms with Crippen LogP contribution in [0.2, 0.25) is 0 Å². The SMILES string of the molecule is NC1CCC(NC(=O)C2N(C(=O)c3ccc(F)cc3)CCCN2C(=O)c2ccc(F)c(F)c2)CC1. The van der Waals surface area contributed by atoms with E-state index in [1.54, 1.807) is 0 Å². The molecule has 0 spiro atoms. The Morgan fingerprint density at radius 2 is 1.37 bits per heavy atom. The fourth-order valence-corrected chi connectivity index (χ4v) is 4.63. The molecule has 2 aromatic carbocycles. The van der Waals surface area contributed by atoms with Gasteiger partial charge in [0.2, 0.25) is 0 Å². The molecule has 0 aromatic heterocycles. The smallest absolute Gasteiger partial charge is 0.264 e. The van der Waals surface area contributed by atoms with E-state index in [1.165, 1.54) is 21.9 Å². The number of nitrogens with zero attached hydrogens (tertiary/aromatic N) is 2. The van der Waals surface area contributed by atoms with Crippen LogP contribution in [0.4, 0.5) is 13.2 Å². The molecule has 0 bridgehead atoms. The first-order valence-electron chi connectivity index (χ1n) is 11.6. The van der Waals surface area contributed by atoms with Gasteiger partial charge in [0.1, 0.15) is 5.82 Å². The number of nitrogens with two attached hydrogens (primary N) is 1. The van der Waals surface area contributed by atoms with Crippen LogP contribution in [0.1, 0.15) is 52.8 Å². The molecule has 1 aliphatic carbocycles. The first-order chi connectivity index (χ1) is 16.7. The van der Waals surface area contributed by atoms with E-state index in [0.717, 1.165) is 43.2 Å². The number of nitrogens with one attached hydrogen (secondary N) is 1. The Balaban J connectivity index is 1.64. The summed E-state index contributed by atoms with van der Waals surface area (Å²) >= 11 is 0. The summed E-state index contributed by atoms with van der Waals surface area (Å²) in [6, 6.07) is 7.57. The highest BCUT2D eigenvalue weighted by Crippen LogP contribution is 2.23. The second kappa shape index (κ2) is 10.5. The first kappa shape index (κ1) is 24.7. The molecule has 1 saturated heterocycles. The molecule has 1 saturated carbocycles. The van der Waals surface area contributed by atoms with Gasteiger partial charge in [-0.05, 0) is 74.6 Å². The summed E-state index contributed by atoms with van der Waals surface area (Å²) in [4.78, 5) is 42.6. The van der Waals surface area contributed by atoms with Crippen molar-refractivity contribution in [2.45, 2.75) is 50.4 Å². The monoisotopic (exact) mass is 488 g/mol. The zero-order chi connectivity index (χ0) is 25.1. The molecule has 1 atom stereocenters. The number of carbonyl (C=O) groups is 3. The van der Waals surface area contributed by atoms with Crippen molar-refractivity contribution >= 4 is 17.7 Å². The predicted molar refractivity (Wildman–Crippen MR) is 122 cm³/mol. The molecule has 1 aliphatic heterocycles. The van der Waals surface area contributed by atoms with Gasteiger partial charge >= 0.3 is 0 Å². The lowest BCUT2D eigenvalue weighted by Crippen LogP contribution is -2.64. The standard InChI is InChI=1S/C25H27F3N4O3/c26-17-5-2-15(3-6-17)24(34)31-12-1-13-32(25(35)16-4-11-20(27)21(28)14-16)23(31)22(33)30-19-9-7-18(29)8-10-19/h2-6,11,14,18-19,23H,1,7-10,12-13,29H2,(H,30,33). The maximum Gasteiger partial charge on any atom is 0.264 e. The summed E-state index contributed by atoms with van der Waals surface area (Å²) in [7, 11) is 0. The van der Waals surface area contributed by atoms with E-state index >= 15 is 0 Å². The lowest BCUT2D eigenvalue weighted by atomic mass is 9.91. The van der Waals surface area contributed by atoms with E-state index in [2.05, 4.69) is 5.32 Å². The van der Waals surface area contributed by atoms with Crippen molar-refractivity contribution in [1.29, 1.82) is 0 Å². The van der Waals surface area contributed by atoms with E-state index < -0.39 is 41.3 Å². The third-order valence-corrected chi connectivity index (χ3v) is 6.52. The van der Waals surface area contributed by atoms with E-state index in [1.807, 2.05) is 0 Å². The quantitative estimate of drug-likeness (QED) is 0.692. The summed E-state index contributed by atoms with van der Waals surface area (Å²) in [6.45, 7) is 0.323. The number of halogens is 3. The molecular weight excluding hydrogens is 461 g/mol. The van der Waals surface area contributed by atoms with Gasteiger partial charge in [0.25, 0.3) is 17.7 Å². The highest BCUT2D eigenvalue weighted by atomic mass is 19.2. The van der Waals surface area contributed by atoms with Gasteiger partial charge in [0, 0.05) is 36.3 Å². The van der Waals surface area contributed by atoms with Crippen molar-refractivity contribution < 1.29 is 27.6 Å². The molecule has 2 aliphatic rings. The van der Waals surface area contributed by atoms with Crippen molar-refractivity contribution in [3.05, 3.63) is 71.0 Å². The van der Waals surface area contributed by atoms with Crippen molar-refractivity contribution in [2.24, 2.45) is 5.73 Å². The van der Waals surface area contributed by atoms with Crippen LogP contribution in [0, 0.1) is 17.5 Å². The van der Waals surface area contributed by atoms with Crippen LogP contribution >= 0.6 is 0 Å². The molecule has 2 aromatic rings. The summed E-state index contributed by atoms with van der Waals surface area (Å²) < 4.78 is 40.7. The lowest BCUT2D eigenvalue weighted by Gasteiger charge is -2.43. The maximum atomic E-state index is 13.8. The van der Waals surface area contributed by atoms with Gasteiger partial charge in [-0.2, -0.15) is 0 Å². The van der Waals surface area contributed by atoms with Gasteiger partial charge in [-0.3, -0.25) is 14.4 Å². The Hall–Kier alpha value is -3.40. The van der Waals surface area contributed by atoms with Crippen LogP contribution in [0.25, 0.3) is 0 Å². The van der Waals surface area contributed by atoms with Crippen molar-refractivity contribution in [3.8, 4) is 0 Å². The van der Waals surface area contributed by atoms with Crippen LogP contribution in [0.5, 0.6) is 0 Å². The second-order valence-corrected chi connectivity index (χ2v) is 8.98. The molecule has 10 heteroatoms. The Morgan fingerprint density at radius 1 is 0.800 bits per heavy atom. The zero-order valence-electron chi connectivity index (χ0n) is 19.1. The van der Waals surface area contributed by atoms with Crippen LogP contribution in [0.3, 0.4) is 0 Å². The largest absolute Gasteiger partial charge is 0.350 e. The number of rotatable bonds is 4. The Kier molecular flexibility index (Phi) is 7.39. The molecule has 4 rings (SSSR count). The number of hydrogen-bond acceptors (Lipinski definition) is 4. The zero-order valence-corrected chi connectivity index (χ0v) is 19.1. The molecule has 1 unspecified atom stereocenters. The van der Waals surface area contributed by atoms with Gasteiger partial charge < -0.3 is 20.9 Å². The number of carbonyl (C=O) groups excluding carboxylic acids is 3. The van der Waals surface area contributed by atoms with Crippen LogP contribution < -0.4 is 11.1 Å². The van der Waals surface area contributed by atoms with Gasteiger partial charge in [0.15, 0.2) is 17.8 Å². The minimum atomic E-state index is -1.31. The minimum Gasteiger partial charge on any atom is -0.350 e. The molecule has 0 radical (unpaired) electrons. The third kappa shape index (κ3) is 5.48. The van der Waals surface area contributed by atoms with Crippen LogP contribution in [-0.4, -0.2) is 58.9 Å². The van der Waals surface area contributed by atoms with Gasteiger partial charge in [-0.15, -0.1) is 0 Å². The van der Waals surface area contributed by atoms with Gasteiger partial charge in [0.05, 0.1) is 0 Å². The fraction of sp³-hybridized carbons (Fsp3) is 0.400. The minimum absolute atomic E-state index is 0.0702. The summed E-state index contributed by atoms with van der Waals surface area (Å²) in [5.74, 6) is -4.59. The molecular formula is C25H27F3N4O3. The van der Waals surface area contributed by atoms with E-state index in [-0.39, 0.29) is 36.3 Å². The highest BCUT2D eigenvalue weighted by molar-refractivity contribution is 6.01. The number of benzene rings is 2. The van der Waals surface area contributed by atoms with Gasteiger partial charge in [-0.25, -0.2) is 13.2 Å². The Morgan fingerprint density at radius 3 is 1.97 bits per heavy atom. The maximum absolute atomic E-state index is 13.8. The number of amides is 3. The molecule has 2 fully saturated rings. The summed E-state index contributed by atoms with van der Waals surface area (Å²) in [5, 5.41) is 2.94. The van der Waals surface area contributed by atoms with Gasteiger partial charge in [-0.1, -0.05) is 0 Å². The van der Waals surface area contributed by atoms with E-state index in [0.29, 0.717) is 19.3 Å². The summed E-state index contributed by atoms with van der Waals surface area (Å²) in [6.07, 6.45) is 1.88. The van der Waals surface area contributed by atoms with E-state index in [9.17, 15) is 27.6 Å². The molecule has 3 N–H and O–H groups in total. The summed E-state index contributed by atoms with van der Waals surface area (Å²) in [5.41, 5.74) is 5.98. The second-order valence-electron chi connectivity index (χ2n) is 8.98. The normalized spacial score (nSPS) is 22.6. The molecule has 1 heterocycles. The van der Waals surface area contributed by atoms with Crippen molar-refractivity contribution in [1.82, 2.24) is 15.1 Å². The lowest BCUT2D eigenvalue weighted by molar-refractivity contribution is -0.133. The third-order valence-electron chi connectivity index (χ3n) is 6.52. The average molecular weight is 489 g/mol. The fourth-order valence-electron chi connectivity index (χ4n) is 4.63. The molecule has 7 nitrogen and oxygen atoms in total. The number of hydrogen-bond donors (Lipinski definition) is 2. The molecule has 3 amide bonds. The van der Waals surface area contributed by atoms with Crippen molar-refractivity contribution in [3.63, 3.8) is 0 Å². The molecule has 35 heavy (non-hydrogen) atoms. The Bertz CT molecular complexity index is 1100. The Labute approximate surface area is 201 Å².